The van der Waals surface area contributed by atoms with Crippen molar-refractivity contribution in [3.63, 3.8) is 0 Å². The van der Waals surface area contributed by atoms with E-state index in [1.54, 1.807) is 12.1 Å². The number of benzene rings is 1. The summed E-state index contributed by atoms with van der Waals surface area (Å²) in [6.07, 6.45) is 1.35. The van der Waals surface area contributed by atoms with Crippen LogP contribution in [-0.4, -0.2) is 101 Å². The number of carbonyl (C=O) groups is 6. The monoisotopic (exact) mass is 677 g/mol. The number of aromatic hydroxyl groups is 1. The van der Waals surface area contributed by atoms with Gasteiger partial charge >= 0.3 is 5.97 Å². The Morgan fingerprint density at radius 3 is 2.02 bits per heavy atom. The number of phenolic OH excluding ortho intramolecular Hbond substituents is 1. The quantitative estimate of drug-likeness (QED) is 0.0346. The number of rotatable bonds is 23. The van der Waals surface area contributed by atoms with Gasteiger partial charge in [-0.3, -0.25) is 33.8 Å². The molecule has 0 heterocycles. The third kappa shape index (κ3) is 17.8. The van der Waals surface area contributed by atoms with Crippen molar-refractivity contribution in [1.82, 2.24) is 26.6 Å². The molecule has 17 nitrogen and oxygen atoms in total. The highest BCUT2D eigenvalue weighted by molar-refractivity contribution is 5.95. The number of carboxylic acids is 1. The molecule has 0 radical (unpaired) electrons. The van der Waals surface area contributed by atoms with Gasteiger partial charge in [-0.05, 0) is 69.7 Å². The number of phenols is 1. The molecule has 1 aromatic carbocycles. The zero-order valence-corrected chi connectivity index (χ0v) is 27.8. The summed E-state index contributed by atoms with van der Waals surface area (Å²) in [5, 5.41) is 31.8. The third-order valence-electron chi connectivity index (χ3n) is 7.04. The van der Waals surface area contributed by atoms with Gasteiger partial charge in [-0.15, -0.1) is 0 Å². The van der Waals surface area contributed by atoms with Gasteiger partial charge in [0.1, 0.15) is 17.8 Å². The van der Waals surface area contributed by atoms with Crippen molar-refractivity contribution in [2.75, 3.05) is 19.6 Å². The summed E-state index contributed by atoms with van der Waals surface area (Å²) >= 11 is 0. The highest BCUT2D eigenvalue weighted by Crippen LogP contribution is 2.11. The number of amides is 4. The zero-order valence-electron chi connectivity index (χ0n) is 27.8. The summed E-state index contributed by atoms with van der Waals surface area (Å²) < 4.78 is 0. The number of guanidine groups is 1. The summed E-state index contributed by atoms with van der Waals surface area (Å²) in [7, 11) is 0. The van der Waals surface area contributed by atoms with Gasteiger partial charge in [0.25, 0.3) is 0 Å². The molecule has 4 atom stereocenters. The molecule has 268 valence electrons. The van der Waals surface area contributed by atoms with Crippen molar-refractivity contribution in [1.29, 1.82) is 0 Å². The molecule has 0 aromatic heterocycles. The fraction of sp³-hybridized carbons (Fsp3) is 0.581. The molecule has 0 fully saturated rings. The van der Waals surface area contributed by atoms with Gasteiger partial charge in [-0.1, -0.05) is 26.0 Å². The number of hydrogen-bond acceptors (Lipinski definition) is 10. The van der Waals surface area contributed by atoms with E-state index in [1.165, 1.54) is 12.1 Å². The molecule has 0 saturated carbocycles. The average molecular weight is 678 g/mol. The van der Waals surface area contributed by atoms with Gasteiger partial charge < -0.3 is 54.0 Å². The minimum atomic E-state index is -1.29. The Labute approximate surface area is 280 Å². The molecular formula is C31H51N9O8. The molecule has 0 aliphatic carbocycles. The molecule has 0 aliphatic rings. The first kappa shape index (κ1) is 41.3. The normalized spacial score (nSPS) is 13.4. The Kier molecular flexibility index (Phi) is 18.8. The second kappa shape index (κ2) is 21.9. The molecule has 48 heavy (non-hydrogen) atoms. The highest BCUT2D eigenvalue weighted by atomic mass is 16.4. The molecule has 17 heteroatoms. The summed E-state index contributed by atoms with van der Waals surface area (Å²) in [6, 6.07) is 1.97. The molecule has 1 rings (SSSR count). The number of carbonyl (C=O) groups excluding carboxylic acids is 5. The SMILES string of the molecule is CC(=O)C(CC(=O)O)NC(=O)CNC(=O)[C@@H](CCCN=C(N)N)NC(=O)C(CCCCNC(C)C)NC(=O)[C@@H](N)Cc1ccc(O)cc1. The van der Waals surface area contributed by atoms with Crippen LogP contribution < -0.4 is 43.8 Å². The maximum Gasteiger partial charge on any atom is 0.305 e. The Morgan fingerprint density at radius 2 is 1.44 bits per heavy atom. The molecule has 0 spiro atoms. The van der Waals surface area contributed by atoms with E-state index in [-0.39, 0.29) is 50.0 Å². The van der Waals surface area contributed by atoms with Crippen molar-refractivity contribution in [3.8, 4) is 5.75 Å². The number of nitrogens with zero attached hydrogens (tertiary/aromatic N) is 1. The van der Waals surface area contributed by atoms with Gasteiger partial charge in [-0.2, -0.15) is 0 Å². The maximum atomic E-state index is 13.6. The van der Waals surface area contributed by atoms with Crippen molar-refractivity contribution in [3.05, 3.63) is 29.8 Å². The average Bonchev–Trinajstić information content (AvgIpc) is 3.00. The standard InChI is InChI=1S/C31H51N9O8/c1-18(2)35-13-5-4-7-24(39-28(46)22(32)15-20-9-11-21(42)12-10-20)30(48)40-23(8-6-14-36-31(33)34)29(47)37-17-26(43)38-25(19(3)41)16-27(44)45/h9-12,18,22-25,35,42H,4-8,13-17,32H2,1-3H3,(H,37,47)(H,38,43)(H,39,46)(H,40,48)(H,44,45)(H4,33,34,36)/t22-,23+,24?,25?/m0/s1. The number of unbranched alkanes of at least 4 members (excludes halogenated alkanes) is 1. The van der Waals surface area contributed by atoms with Gasteiger partial charge in [0, 0.05) is 12.6 Å². The van der Waals surface area contributed by atoms with E-state index in [4.69, 9.17) is 22.3 Å². The fourth-order valence-corrected chi connectivity index (χ4v) is 4.44. The molecule has 0 aliphatic heterocycles. The minimum absolute atomic E-state index is 0.0599. The molecule has 2 unspecified atom stereocenters. The number of Topliss-reactive ketones (excluding diaryl/α,β-unsaturated/α-hetero) is 1. The van der Waals surface area contributed by atoms with Crippen LogP contribution in [0.15, 0.2) is 29.3 Å². The van der Waals surface area contributed by atoms with Crippen LogP contribution in [0.3, 0.4) is 0 Å². The van der Waals surface area contributed by atoms with Gasteiger partial charge in [0.05, 0.1) is 25.0 Å². The van der Waals surface area contributed by atoms with Crippen LogP contribution in [0.2, 0.25) is 0 Å². The smallest absolute Gasteiger partial charge is 0.305 e. The van der Waals surface area contributed by atoms with E-state index in [9.17, 15) is 33.9 Å². The van der Waals surface area contributed by atoms with Crippen molar-refractivity contribution in [2.24, 2.45) is 22.2 Å². The lowest BCUT2D eigenvalue weighted by Crippen LogP contribution is -2.56. The molecule has 1 aromatic rings. The van der Waals surface area contributed by atoms with E-state index < -0.39 is 72.5 Å². The first-order chi connectivity index (χ1) is 22.6. The van der Waals surface area contributed by atoms with E-state index >= 15 is 0 Å². The lowest BCUT2D eigenvalue weighted by atomic mass is 10.0. The lowest BCUT2D eigenvalue weighted by Gasteiger charge is -2.24. The zero-order chi connectivity index (χ0) is 36.2. The van der Waals surface area contributed by atoms with Crippen molar-refractivity contribution in [2.45, 2.75) is 95.9 Å². The van der Waals surface area contributed by atoms with Crippen LogP contribution in [0.4, 0.5) is 0 Å². The lowest BCUT2D eigenvalue weighted by molar-refractivity contribution is -0.140. The molecular weight excluding hydrogens is 626 g/mol. The van der Waals surface area contributed by atoms with Crippen LogP contribution in [-0.2, 0) is 35.2 Å². The number of ketones is 1. The fourth-order valence-electron chi connectivity index (χ4n) is 4.44. The van der Waals surface area contributed by atoms with Crippen LogP contribution in [0, 0.1) is 0 Å². The Balaban J connectivity index is 3.04. The molecule has 0 saturated heterocycles. The maximum absolute atomic E-state index is 13.6. The predicted molar refractivity (Wildman–Crippen MR) is 178 cm³/mol. The third-order valence-corrected chi connectivity index (χ3v) is 7.04. The van der Waals surface area contributed by atoms with Gasteiger partial charge in [0.15, 0.2) is 11.7 Å². The van der Waals surface area contributed by atoms with E-state index in [0.717, 1.165) is 6.92 Å². The van der Waals surface area contributed by atoms with Gasteiger partial charge in [0.2, 0.25) is 23.6 Å². The van der Waals surface area contributed by atoms with Crippen LogP contribution in [0.1, 0.15) is 64.9 Å². The summed E-state index contributed by atoms with van der Waals surface area (Å²) in [5.74, 6) is -4.74. The Bertz CT molecular complexity index is 1250. The predicted octanol–water partition coefficient (Wildman–Crippen LogP) is -1.88. The number of hydrogen-bond donors (Lipinski definition) is 10. The first-order valence-corrected chi connectivity index (χ1v) is 15.8. The summed E-state index contributed by atoms with van der Waals surface area (Å²) in [4.78, 5) is 78.8. The number of aliphatic imine (C=N–C) groups is 1. The summed E-state index contributed by atoms with van der Waals surface area (Å²) in [5.41, 5.74) is 17.6. The number of carboxylic acid groups (broad SMARTS) is 1. The topological polar surface area (TPSA) is 293 Å². The van der Waals surface area contributed by atoms with Crippen LogP contribution in [0.25, 0.3) is 0 Å². The minimum Gasteiger partial charge on any atom is -0.508 e. The molecule has 4 amide bonds. The van der Waals surface area contributed by atoms with Crippen LogP contribution >= 0.6 is 0 Å². The highest BCUT2D eigenvalue weighted by Gasteiger charge is 2.28. The van der Waals surface area contributed by atoms with E-state index in [0.29, 0.717) is 24.9 Å². The second-order valence-electron chi connectivity index (χ2n) is 11.7. The number of nitrogens with one attached hydrogen (secondary N) is 5. The van der Waals surface area contributed by atoms with Gasteiger partial charge in [-0.25, -0.2) is 0 Å². The second-order valence-corrected chi connectivity index (χ2v) is 11.7. The Morgan fingerprint density at radius 1 is 0.833 bits per heavy atom. The summed E-state index contributed by atoms with van der Waals surface area (Å²) in [6.45, 7) is 5.38. The van der Waals surface area contributed by atoms with E-state index in [1.807, 2.05) is 13.8 Å². The van der Waals surface area contributed by atoms with Crippen LogP contribution in [0.5, 0.6) is 5.75 Å². The van der Waals surface area contributed by atoms with Crippen molar-refractivity contribution >= 4 is 41.3 Å². The first-order valence-electron chi connectivity index (χ1n) is 15.8. The number of aliphatic carboxylic acids is 1. The van der Waals surface area contributed by atoms with Crippen molar-refractivity contribution < 1.29 is 39.0 Å². The molecule has 0 bridgehead atoms. The largest absolute Gasteiger partial charge is 0.508 e. The number of nitrogens with two attached hydrogens (primary N) is 3. The Hall–Kier alpha value is -4.77. The molecule has 13 N–H and O–H groups in total. The van der Waals surface area contributed by atoms with E-state index in [2.05, 4.69) is 31.6 Å².